The van der Waals surface area contributed by atoms with Gasteiger partial charge in [-0.25, -0.2) is 4.79 Å². The van der Waals surface area contributed by atoms with Crippen LogP contribution in [0, 0.1) is 0 Å². The SMILES string of the molecule is C[C@@H]1CN(C(=O)N2CCCNC(=O)C2Cc2ccccc2)C[C@H](C)O1. The smallest absolute Gasteiger partial charge is 0.320 e. The van der Waals surface area contributed by atoms with Gasteiger partial charge in [0.15, 0.2) is 0 Å². The summed E-state index contributed by atoms with van der Waals surface area (Å²) in [6.07, 6.45) is 1.34. The van der Waals surface area contributed by atoms with Crippen molar-refractivity contribution in [2.24, 2.45) is 0 Å². The van der Waals surface area contributed by atoms with Crippen LogP contribution in [0.25, 0.3) is 0 Å². The molecule has 3 rings (SSSR count). The van der Waals surface area contributed by atoms with Crippen LogP contribution in [0.5, 0.6) is 0 Å². The van der Waals surface area contributed by atoms with Gasteiger partial charge in [-0.1, -0.05) is 30.3 Å². The Morgan fingerprint density at radius 1 is 1.20 bits per heavy atom. The Kier molecular flexibility index (Phi) is 5.58. The van der Waals surface area contributed by atoms with Crippen LogP contribution in [-0.4, -0.2) is 66.2 Å². The number of amides is 3. The Balaban J connectivity index is 1.79. The maximum atomic E-state index is 13.2. The molecule has 0 spiro atoms. The van der Waals surface area contributed by atoms with E-state index in [2.05, 4.69) is 5.32 Å². The molecule has 2 fully saturated rings. The first-order chi connectivity index (χ1) is 12.0. The number of urea groups is 1. The topological polar surface area (TPSA) is 61.9 Å². The molecule has 136 valence electrons. The van der Waals surface area contributed by atoms with Crippen LogP contribution in [0.15, 0.2) is 30.3 Å². The number of hydrogen-bond donors (Lipinski definition) is 1. The third kappa shape index (κ3) is 4.31. The lowest BCUT2D eigenvalue weighted by Crippen LogP contribution is -2.57. The molecule has 0 radical (unpaired) electrons. The van der Waals surface area contributed by atoms with Gasteiger partial charge in [0.2, 0.25) is 5.91 Å². The number of benzene rings is 1. The standard InChI is InChI=1S/C19H27N3O3/c1-14-12-21(13-15(2)25-14)19(24)22-10-6-9-20-18(23)17(22)11-16-7-4-3-5-8-16/h3-5,7-8,14-15,17H,6,9-13H2,1-2H3,(H,20,23)/t14-,15+,17?. The summed E-state index contributed by atoms with van der Waals surface area (Å²) < 4.78 is 5.73. The van der Waals surface area contributed by atoms with Crippen molar-refractivity contribution in [1.82, 2.24) is 15.1 Å². The van der Waals surface area contributed by atoms with E-state index in [1.54, 1.807) is 4.90 Å². The Morgan fingerprint density at radius 2 is 1.88 bits per heavy atom. The van der Waals surface area contributed by atoms with Gasteiger partial charge in [0.05, 0.1) is 12.2 Å². The number of morpholine rings is 1. The molecule has 0 saturated carbocycles. The highest BCUT2D eigenvalue weighted by Gasteiger charge is 2.36. The Labute approximate surface area is 149 Å². The molecule has 1 aromatic rings. The van der Waals surface area contributed by atoms with E-state index in [0.29, 0.717) is 32.6 Å². The molecule has 2 heterocycles. The van der Waals surface area contributed by atoms with Crippen LogP contribution in [0.3, 0.4) is 0 Å². The van der Waals surface area contributed by atoms with Gasteiger partial charge in [-0.3, -0.25) is 4.79 Å². The molecule has 2 saturated heterocycles. The molecule has 0 bridgehead atoms. The predicted octanol–water partition coefficient (Wildman–Crippen LogP) is 1.65. The number of ether oxygens (including phenoxy) is 1. The van der Waals surface area contributed by atoms with Gasteiger partial charge in [0.1, 0.15) is 6.04 Å². The number of nitrogens with one attached hydrogen (secondary N) is 1. The third-order valence-corrected chi connectivity index (χ3v) is 4.76. The number of carbonyl (C=O) groups is 2. The van der Waals surface area contributed by atoms with Crippen LogP contribution < -0.4 is 5.32 Å². The molecular weight excluding hydrogens is 318 g/mol. The lowest BCUT2D eigenvalue weighted by Gasteiger charge is -2.39. The summed E-state index contributed by atoms with van der Waals surface area (Å²) in [6, 6.07) is 9.35. The van der Waals surface area contributed by atoms with Gasteiger partial charge in [-0.05, 0) is 25.8 Å². The average Bonchev–Trinajstić information content (AvgIpc) is 2.76. The molecular formula is C19H27N3O3. The summed E-state index contributed by atoms with van der Waals surface area (Å²) >= 11 is 0. The van der Waals surface area contributed by atoms with Crippen molar-refractivity contribution >= 4 is 11.9 Å². The van der Waals surface area contributed by atoms with Crippen molar-refractivity contribution < 1.29 is 14.3 Å². The van der Waals surface area contributed by atoms with E-state index in [0.717, 1.165) is 12.0 Å². The summed E-state index contributed by atoms with van der Waals surface area (Å²) in [5, 5.41) is 2.94. The summed E-state index contributed by atoms with van der Waals surface area (Å²) in [4.78, 5) is 29.3. The van der Waals surface area contributed by atoms with Crippen molar-refractivity contribution in [3.63, 3.8) is 0 Å². The van der Waals surface area contributed by atoms with Crippen LogP contribution in [0.1, 0.15) is 25.8 Å². The van der Waals surface area contributed by atoms with Crippen LogP contribution >= 0.6 is 0 Å². The van der Waals surface area contributed by atoms with Crippen LogP contribution in [-0.2, 0) is 16.0 Å². The van der Waals surface area contributed by atoms with Crippen molar-refractivity contribution in [2.75, 3.05) is 26.2 Å². The lowest BCUT2D eigenvalue weighted by atomic mass is 10.0. The minimum atomic E-state index is -0.467. The zero-order chi connectivity index (χ0) is 17.8. The summed E-state index contributed by atoms with van der Waals surface area (Å²) in [5.41, 5.74) is 1.06. The molecule has 3 amide bonds. The molecule has 1 aromatic carbocycles. The predicted molar refractivity (Wildman–Crippen MR) is 95.2 cm³/mol. The van der Waals surface area contributed by atoms with E-state index in [1.165, 1.54) is 0 Å². The molecule has 2 aliphatic rings. The number of rotatable bonds is 2. The van der Waals surface area contributed by atoms with E-state index in [1.807, 2.05) is 49.1 Å². The highest BCUT2D eigenvalue weighted by Crippen LogP contribution is 2.18. The minimum absolute atomic E-state index is 0.0149. The molecule has 25 heavy (non-hydrogen) atoms. The zero-order valence-electron chi connectivity index (χ0n) is 15.0. The number of nitrogens with zero attached hydrogens (tertiary/aromatic N) is 2. The highest BCUT2D eigenvalue weighted by molar-refractivity contribution is 5.87. The number of carbonyl (C=O) groups excluding carboxylic acids is 2. The highest BCUT2D eigenvalue weighted by atomic mass is 16.5. The van der Waals surface area contributed by atoms with Crippen molar-refractivity contribution in [3.05, 3.63) is 35.9 Å². The molecule has 0 aromatic heterocycles. The van der Waals surface area contributed by atoms with Crippen molar-refractivity contribution in [1.29, 1.82) is 0 Å². The zero-order valence-corrected chi connectivity index (χ0v) is 15.0. The second kappa shape index (κ2) is 7.87. The first-order valence-corrected chi connectivity index (χ1v) is 9.07. The van der Waals surface area contributed by atoms with E-state index >= 15 is 0 Å². The Bertz CT molecular complexity index is 597. The molecule has 1 unspecified atom stereocenters. The van der Waals surface area contributed by atoms with Gasteiger partial charge in [-0.15, -0.1) is 0 Å². The molecule has 1 N–H and O–H groups in total. The molecule has 0 aliphatic carbocycles. The fourth-order valence-corrected chi connectivity index (χ4v) is 3.66. The maximum absolute atomic E-state index is 13.2. The fourth-order valence-electron chi connectivity index (χ4n) is 3.66. The second-order valence-electron chi connectivity index (χ2n) is 6.99. The van der Waals surface area contributed by atoms with E-state index in [-0.39, 0.29) is 24.1 Å². The largest absolute Gasteiger partial charge is 0.372 e. The van der Waals surface area contributed by atoms with E-state index < -0.39 is 6.04 Å². The summed E-state index contributed by atoms with van der Waals surface area (Å²) in [5.74, 6) is -0.0657. The van der Waals surface area contributed by atoms with E-state index in [4.69, 9.17) is 4.74 Å². The monoisotopic (exact) mass is 345 g/mol. The molecule has 2 aliphatic heterocycles. The van der Waals surface area contributed by atoms with Gasteiger partial charge < -0.3 is 19.9 Å². The fraction of sp³-hybridized carbons (Fsp3) is 0.579. The van der Waals surface area contributed by atoms with Crippen LogP contribution in [0.4, 0.5) is 4.79 Å². The average molecular weight is 345 g/mol. The molecule has 6 nitrogen and oxygen atoms in total. The van der Waals surface area contributed by atoms with Gasteiger partial charge in [0, 0.05) is 32.6 Å². The Hall–Kier alpha value is -2.08. The van der Waals surface area contributed by atoms with Gasteiger partial charge in [-0.2, -0.15) is 0 Å². The minimum Gasteiger partial charge on any atom is -0.372 e. The second-order valence-corrected chi connectivity index (χ2v) is 6.99. The first kappa shape index (κ1) is 17.7. The quantitative estimate of drug-likeness (QED) is 0.886. The normalized spacial score (nSPS) is 27.6. The van der Waals surface area contributed by atoms with Gasteiger partial charge >= 0.3 is 6.03 Å². The summed E-state index contributed by atoms with van der Waals surface area (Å²) in [7, 11) is 0. The molecule has 6 heteroatoms. The first-order valence-electron chi connectivity index (χ1n) is 9.07. The Morgan fingerprint density at radius 3 is 2.56 bits per heavy atom. The van der Waals surface area contributed by atoms with E-state index in [9.17, 15) is 9.59 Å². The van der Waals surface area contributed by atoms with Crippen molar-refractivity contribution in [3.8, 4) is 0 Å². The summed E-state index contributed by atoms with van der Waals surface area (Å²) in [6.45, 7) is 6.30. The lowest BCUT2D eigenvalue weighted by molar-refractivity contribution is -0.125. The maximum Gasteiger partial charge on any atom is 0.320 e. The van der Waals surface area contributed by atoms with Gasteiger partial charge in [0.25, 0.3) is 0 Å². The third-order valence-electron chi connectivity index (χ3n) is 4.76. The molecule has 3 atom stereocenters. The number of hydrogen-bond acceptors (Lipinski definition) is 3. The van der Waals surface area contributed by atoms with Crippen molar-refractivity contribution in [2.45, 2.75) is 44.9 Å². The van der Waals surface area contributed by atoms with Crippen LogP contribution in [0.2, 0.25) is 0 Å².